The van der Waals surface area contributed by atoms with Crippen molar-refractivity contribution in [3.8, 4) is 0 Å². The molecule has 17 heavy (non-hydrogen) atoms. The lowest BCUT2D eigenvalue weighted by Gasteiger charge is -2.44. The molecule has 0 aromatic carbocycles. The summed E-state index contributed by atoms with van der Waals surface area (Å²) in [5.41, 5.74) is -1.71. The minimum atomic E-state index is -1.04. The first kappa shape index (κ1) is 11.9. The van der Waals surface area contributed by atoms with Crippen molar-refractivity contribution in [1.82, 2.24) is 0 Å². The van der Waals surface area contributed by atoms with Crippen molar-refractivity contribution in [2.75, 3.05) is 13.2 Å². The van der Waals surface area contributed by atoms with Gasteiger partial charge in [-0.15, -0.1) is 0 Å². The molecule has 5 nitrogen and oxygen atoms in total. The number of rotatable bonds is 1. The number of aliphatic hydroxyl groups excluding tert-OH is 1. The smallest absolute Gasteiger partial charge is 0.164 e. The predicted octanol–water partition coefficient (Wildman–Crippen LogP) is 0.0387. The Labute approximate surface area is 101 Å². The van der Waals surface area contributed by atoms with E-state index in [-0.39, 0.29) is 18.6 Å². The van der Waals surface area contributed by atoms with Crippen molar-refractivity contribution in [3.05, 3.63) is 0 Å². The predicted molar refractivity (Wildman–Crippen MR) is 58.3 cm³/mol. The molecule has 0 spiro atoms. The largest absolute Gasteiger partial charge is 0.396 e. The molecule has 3 aliphatic rings. The fourth-order valence-corrected chi connectivity index (χ4v) is 3.71. The van der Waals surface area contributed by atoms with E-state index in [0.29, 0.717) is 13.0 Å². The summed E-state index contributed by atoms with van der Waals surface area (Å²) < 4.78 is 17.5. The van der Waals surface area contributed by atoms with Gasteiger partial charge >= 0.3 is 0 Å². The second-order valence-electron chi connectivity index (χ2n) is 5.99. The van der Waals surface area contributed by atoms with Crippen LogP contribution in [0.2, 0.25) is 0 Å². The molecule has 0 aromatic rings. The molecule has 1 saturated carbocycles. The van der Waals surface area contributed by atoms with Gasteiger partial charge in [-0.25, -0.2) is 0 Å². The van der Waals surface area contributed by atoms with E-state index in [0.717, 1.165) is 0 Å². The van der Waals surface area contributed by atoms with Crippen molar-refractivity contribution < 1.29 is 24.4 Å². The van der Waals surface area contributed by atoms with E-state index < -0.39 is 23.1 Å². The second-order valence-corrected chi connectivity index (χ2v) is 5.99. The highest BCUT2D eigenvalue weighted by molar-refractivity contribution is 5.20. The molecular weight excluding hydrogens is 224 g/mol. The molecule has 2 N–H and O–H groups in total. The average molecular weight is 244 g/mol. The Morgan fingerprint density at radius 2 is 1.82 bits per heavy atom. The maximum absolute atomic E-state index is 10.8. The van der Waals surface area contributed by atoms with Gasteiger partial charge in [-0.2, -0.15) is 0 Å². The van der Waals surface area contributed by atoms with Gasteiger partial charge in [0.15, 0.2) is 5.79 Å². The highest BCUT2D eigenvalue weighted by Gasteiger charge is 2.73. The third kappa shape index (κ3) is 1.32. The van der Waals surface area contributed by atoms with Gasteiger partial charge < -0.3 is 24.4 Å². The van der Waals surface area contributed by atoms with Gasteiger partial charge in [0.05, 0.1) is 13.2 Å². The molecule has 2 heterocycles. The molecule has 0 amide bonds. The molecule has 5 atom stereocenters. The first-order chi connectivity index (χ1) is 7.83. The van der Waals surface area contributed by atoms with Crippen LogP contribution in [0.1, 0.15) is 27.2 Å². The summed E-state index contributed by atoms with van der Waals surface area (Å²) in [6, 6.07) is 0. The highest BCUT2D eigenvalue weighted by atomic mass is 16.8. The third-order valence-corrected chi connectivity index (χ3v) is 4.55. The van der Waals surface area contributed by atoms with Crippen molar-refractivity contribution in [2.24, 2.45) is 5.92 Å². The van der Waals surface area contributed by atoms with E-state index in [1.165, 1.54) is 0 Å². The van der Waals surface area contributed by atoms with Crippen LogP contribution in [0.5, 0.6) is 0 Å². The third-order valence-electron chi connectivity index (χ3n) is 4.55. The number of hydrogen-bond donors (Lipinski definition) is 2. The van der Waals surface area contributed by atoms with Crippen LogP contribution in [0.4, 0.5) is 0 Å². The lowest BCUT2D eigenvalue weighted by molar-refractivity contribution is -0.254. The monoisotopic (exact) mass is 244 g/mol. The summed E-state index contributed by atoms with van der Waals surface area (Å²) in [7, 11) is 0. The summed E-state index contributed by atoms with van der Waals surface area (Å²) >= 11 is 0. The Hall–Kier alpha value is -0.200. The van der Waals surface area contributed by atoms with Gasteiger partial charge in [-0.05, 0) is 20.8 Å². The molecular formula is C12H20O5. The van der Waals surface area contributed by atoms with E-state index in [1.807, 2.05) is 20.8 Å². The van der Waals surface area contributed by atoms with Crippen LogP contribution in [0, 0.1) is 5.92 Å². The fourth-order valence-electron chi connectivity index (χ4n) is 3.71. The van der Waals surface area contributed by atoms with Gasteiger partial charge in [0.1, 0.15) is 23.4 Å². The fraction of sp³-hybridized carbons (Fsp3) is 1.00. The standard InChI is InChI=1S/C12H20O5/c1-10(2)16-8-9(17-10)12(14)4-5-15-11(8,3)7(12)6-13/h7-9,13-14H,4-6H2,1-3H3/t7-,8+,9-,11+,12+/m1/s1. The lowest BCUT2D eigenvalue weighted by atomic mass is 9.79. The van der Waals surface area contributed by atoms with E-state index >= 15 is 0 Å². The van der Waals surface area contributed by atoms with Crippen LogP contribution in [0.15, 0.2) is 0 Å². The molecule has 0 unspecified atom stereocenters. The van der Waals surface area contributed by atoms with E-state index in [1.54, 1.807) is 0 Å². The topological polar surface area (TPSA) is 68.2 Å². The van der Waals surface area contributed by atoms with E-state index in [2.05, 4.69) is 0 Å². The molecule has 5 heteroatoms. The summed E-state index contributed by atoms with van der Waals surface area (Å²) in [6.45, 7) is 5.92. The number of hydrogen-bond acceptors (Lipinski definition) is 5. The molecule has 1 aliphatic carbocycles. The minimum Gasteiger partial charge on any atom is -0.396 e. The van der Waals surface area contributed by atoms with Gasteiger partial charge in [0, 0.05) is 12.3 Å². The van der Waals surface area contributed by atoms with Gasteiger partial charge in [-0.3, -0.25) is 0 Å². The van der Waals surface area contributed by atoms with Gasteiger partial charge in [0.25, 0.3) is 0 Å². The van der Waals surface area contributed by atoms with Crippen molar-refractivity contribution in [2.45, 2.75) is 56.4 Å². The van der Waals surface area contributed by atoms with Gasteiger partial charge in [0.2, 0.25) is 0 Å². The molecule has 3 rings (SSSR count). The number of fused-ring (bicyclic) bond motifs is 5. The number of ether oxygens (including phenoxy) is 3. The first-order valence-corrected chi connectivity index (χ1v) is 6.16. The van der Waals surface area contributed by atoms with Crippen LogP contribution in [0.25, 0.3) is 0 Å². The second kappa shape index (κ2) is 3.22. The molecule has 2 aliphatic heterocycles. The minimum absolute atomic E-state index is 0.118. The molecule has 98 valence electrons. The SMILES string of the molecule is CC1(C)O[C@@H]2[C@H](O1)[C@@]1(C)OCC[C@]2(O)[C@@H]1CO. The summed E-state index contributed by atoms with van der Waals surface area (Å²) in [5, 5.41) is 20.3. The Bertz CT molecular complexity index is 316. The van der Waals surface area contributed by atoms with Gasteiger partial charge in [-0.1, -0.05) is 0 Å². The van der Waals surface area contributed by atoms with E-state index in [4.69, 9.17) is 14.2 Å². The molecule has 2 bridgehead atoms. The Morgan fingerprint density at radius 1 is 1.18 bits per heavy atom. The number of aliphatic hydroxyl groups is 2. The summed E-state index contributed by atoms with van der Waals surface area (Å²) in [6.07, 6.45) is -0.252. The average Bonchev–Trinajstić information content (AvgIpc) is 2.59. The molecule has 0 aromatic heterocycles. The van der Waals surface area contributed by atoms with Crippen LogP contribution in [-0.4, -0.2) is 52.6 Å². The summed E-state index contributed by atoms with van der Waals surface area (Å²) in [4.78, 5) is 0. The zero-order chi connectivity index (χ0) is 12.5. The van der Waals surface area contributed by atoms with Crippen LogP contribution in [0.3, 0.4) is 0 Å². The van der Waals surface area contributed by atoms with Crippen LogP contribution >= 0.6 is 0 Å². The molecule has 3 fully saturated rings. The highest BCUT2D eigenvalue weighted by Crippen LogP contribution is 2.57. The van der Waals surface area contributed by atoms with Crippen molar-refractivity contribution in [1.29, 1.82) is 0 Å². The van der Waals surface area contributed by atoms with Crippen LogP contribution in [-0.2, 0) is 14.2 Å². The van der Waals surface area contributed by atoms with Crippen molar-refractivity contribution in [3.63, 3.8) is 0 Å². The Balaban J connectivity index is 2.04. The maximum Gasteiger partial charge on any atom is 0.164 e. The zero-order valence-electron chi connectivity index (χ0n) is 10.5. The lowest BCUT2D eigenvalue weighted by Crippen LogP contribution is -2.56. The Kier molecular flexibility index (Phi) is 2.25. The maximum atomic E-state index is 10.8. The summed E-state index contributed by atoms with van der Waals surface area (Å²) in [5.74, 6) is -1.05. The van der Waals surface area contributed by atoms with Crippen molar-refractivity contribution >= 4 is 0 Å². The zero-order valence-corrected chi connectivity index (χ0v) is 10.5. The molecule has 0 radical (unpaired) electrons. The van der Waals surface area contributed by atoms with E-state index in [9.17, 15) is 10.2 Å². The Morgan fingerprint density at radius 3 is 2.47 bits per heavy atom. The first-order valence-electron chi connectivity index (χ1n) is 6.16. The molecule has 2 saturated heterocycles. The normalized spacial score (nSPS) is 55.9. The van der Waals surface area contributed by atoms with Crippen LogP contribution < -0.4 is 0 Å². The quantitative estimate of drug-likeness (QED) is 0.681.